The Morgan fingerprint density at radius 2 is 2.25 bits per heavy atom. The molecule has 1 N–H and O–H groups in total. The fraction of sp³-hybridized carbons (Fsp3) is 0.500. The van der Waals surface area contributed by atoms with Crippen molar-refractivity contribution in [1.29, 1.82) is 0 Å². The number of nitrogens with one attached hydrogen (secondary N) is 1. The van der Waals surface area contributed by atoms with Crippen molar-refractivity contribution >= 4 is 11.6 Å². The molecule has 0 aliphatic carbocycles. The van der Waals surface area contributed by atoms with Crippen molar-refractivity contribution in [2.75, 3.05) is 19.7 Å². The van der Waals surface area contributed by atoms with Crippen LogP contribution in [0.5, 0.6) is 0 Å². The number of hydrogen-bond acceptors (Lipinski definition) is 2. The lowest BCUT2D eigenvalue weighted by Gasteiger charge is -2.16. The molecule has 1 aliphatic heterocycles. The number of hydrogen-bond donors (Lipinski definition) is 1. The van der Waals surface area contributed by atoms with Crippen LogP contribution in [-0.2, 0) is 4.74 Å². The first-order chi connectivity index (χ1) is 7.66. The molecule has 88 valence electrons. The molecular formula is C12H15ClFNO. The second-order valence-electron chi connectivity index (χ2n) is 4.26. The summed E-state index contributed by atoms with van der Waals surface area (Å²) < 4.78 is 18.8. The topological polar surface area (TPSA) is 21.3 Å². The van der Waals surface area contributed by atoms with E-state index in [1.807, 2.05) is 0 Å². The van der Waals surface area contributed by atoms with Crippen molar-refractivity contribution in [2.45, 2.75) is 13.0 Å². The van der Waals surface area contributed by atoms with Gasteiger partial charge in [-0.3, -0.25) is 0 Å². The number of halogens is 2. The van der Waals surface area contributed by atoms with Gasteiger partial charge in [0.05, 0.1) is 17.7 Å². The largest absolute Gasteiger partial charge is 0.372 e. The predicted molar refractivity (Wildman–Crippen MR) is 62.1 cm³/mol. The summed E-state index contributed by atoms with van der Waals surface area (Å²) in [5.41, 5.74) is 0.924. The SMILES string of the molecule is CC1CNCC(c2ccc(F)c(Cl)c2)OC1. The summed E-state index contributed by atoms with van der Waals surface area (Å²) in [6.45, 7) is 4.54. The van der Waals surface area contributed by atoms with Gasteiger partial charge in [0.15, 0.2) is 0 Å². The van der Waals surface area contributed by atoms with Crippen molar-refractivity contribution < 1.29 is 9.13 Å². The molecule has 1 aromatic rings. The predicted octanol–water partition coefficient (Wildman–Crippen LogP) is 2.78. The first-order valence-electron chi connectivity index (χ1n) is 5.44. The zero-order valence-corrected chi connectivity index (χ0v) is 9.93. The molecule has 1 aliphatic rings. The Morgan fingerprint density at radius 1 is 1.44 bits per heavy atom. The van der Waals surface area contributed by atoms with Crippen molar-refractivity contribution in [3.63, 3.8) is 0 Å². The van der Waals surface area contributed by atoms with E-state index in [0.29, 0.717) is 12.5 Å². The highest BCUT2D eigenvalue weighted by atomic mass is 35.5. The Balaban J connectivity index is 2.13. The fourth-order valence-electron chi connectivity index (χ4n) is 1.79. The van der Waals surface area contributed by atoms with Crippen LogP contribution < -0.4 is 5.32 Å². The van der Waals surface area contributed by atoms with Gasteiger partial charge in [0.25, 0.3) is 0 Å². The van der Waals surface area contributed by atoms with Crippen LogP contribution >= 0.6 is 11.6 Å². The molecule has 0 aromatic heterocycles. The Bertz CT molecular complexity index is 372. The molecule has 0 spiro atoms. The first-order valence-corrected chi connectivity index (χ1v) is 5.82. The number of ether oxygens (including phenoxy) is 1. The van der Waals surface area contributed by atoms with Gasteiger partial charge in [-0.25, -0.2) is 4.39 Å². The molecule has 0 amide bonds. The van der Waals surface area contributed by atoms with Gasteiger partial charge < -0.3 is 10.1 Å². The summed E-state index contributed by atoms with van der Waals surface area (Å²) >= 11 is 5.75. The molecule has 0 bridgehead atoms. The zero-order valence-electron chi connectivity index (χ0n) is 9.17. The lowest BCUT2D eigenvalue weighted by atomic mass is 10.1. The van der Waals surface area contributed by atoms with Crippen LogP contribution in [0.15, 0.2) is 18.2 Å². The van der Waals surface area contributed by atoms with Gasteiger partial charge in [0.2, 0.25) is 0 Å². The number of rotatable bonds is 1. The molecule has 2 rings (SSSR count). The molecule has 2 unspecified atom stereocenters. The van der Waals surface area contributed by atoms with E-state index in [0.717, 1.165) is 18.7 Å². The highest BCUT2D eigenvalue weighted by Crippen LogP contribution is 2.24. The van der Waals surface area contributed by atoms with Crippen molar-refractivity contribution in [3.05, 3.63) is 34.6 Å². The van der Waals surface area contributed by atoms with E-state index < -0.39 is 0 Å². The highest BCUT2D eigenvalue weighted by molar-refractivity contribution is 6.30. The van der Waals surface area contributed by atoms with E-state index in [1.54, 1.807) is 12.1 Å². The summed E-state index contributed by atoms with van der Waals surface area (Å²) in [6.07, 6.45) is -0.0388. The Hall–Kier alpha value is -0.640. The second-order valence-corrected chi connectivity index (χ2v) is 4.67. The first kappa shape index (κ1) is 11.8. The third-order valence-corrected chi connectivity index (χ3v) is 3.01. The molecule has 4 heteroatoms. The lowest BCUT2D eigenvalue weighted by molar-refractivity contribution is 0.0515. The van der Waals surface area contributed by atoms with E-state index in [-0.39, 0.29) is 16.9 Å². The Morgan fingerprint density at radius 3 is 3.00 bits per heavy atom. The van der Waals surface area contributed by atoms with Crippen LogP contribution in [0, 0.1) is 11.7 Å². The van der Waals surface area contributed by atoms with Crippen molar-refractivity contribution in [1.82, 2.24) is 5.32 Å². The van der Waals surface area contributed by atoms with Crippen molar-refractivity contribution in [2.24, 2.45) is 5.92 Å². The van der Waals surface area contributed by atoms with Gasteiger partial charge in [0, 0.05) is 13.1 Å². The van der Waals surface area contributed by atoms with Gasteiger partial charge >= 0.3 is 0 Å². The maximum Gasteiger partial charge on any atom is 0.141 e. The van der Waals surface area contributed by atoms with Crippen LogP contribution in [-0.4, -0.2) is 19.7 Å². The Labute approximate surface area is 99.7 Å². The minimum atomic E-state index is -0.389. The maximum absolute atomic E-state index is 13.0. The molecule has 1 aromatic carbocycles. The molecule has 1 fully saturated rings. The molecule has 0 radical (unpaired) electrons. The average Bonchev–Trinajstić information content (AvgIpc) is 2.47. The van der Waals surface area contributed by atoms with E-state index in [9.17, 15) is 4.39 Å². The summed E-state index contributed by atoms with van der Waals surface area (Å²) in [5.74, 6) is 0.112. The van der Waals surface area contributed by atoms with E-state index in [1.165, 1.54) is 6.07 Å². The van der Waals surface area contributed by atoms with Gasteiger partial charge in [-0.1, -0.05) is 24.6 Å². The molecule has 1 saturated heterocycles. The lowest BCUT2D eigenvalue weighted by Crippen LogP contribution is -2.22. The molecule has 16 heavy (non-hydrogen) atoms. The minimum absolute atomic E-state index is 0.0388. The van der Waals surface area contributed by atoms with Crippen LogP contribution in [0.2, 0.25) is 5.02 Å². The fourth-order valence-corrected chi connectivity index (χ4v) is 1.97. The molecular weight excluding hydrogens is 229 g/mol. The van der Waals surface area contributed by atoms with Gasteiger partial charge in [0.1, 0.15) is 5.82 Å². The molecule has 1 heterocycles. The zero-order chi connectivity index (χ0) is 11.5. The molecule has 2 nitrogen and oxygen atoms in total. The van der Waals surface area contributed by atoms with Crippen LogP contribution in [0.3, 0.4) is 0 Å². The number of benzene rings is 1. The van der Waals surface area contributed by atoms with E-state index in [4.69, 9.17) is 16.3 Å². The summed E-state index contributed by atoms with van der Waals surface area (Å²) in [4.78, 5) is 0. The smallest absolute Gasteiger partial charge is 0.141 e. The van der Waals surface area contributed by atoms with Gasteiger partial charge in [-0.2, -0.15) is 0 Å². The van der Waals surface area contributed by atoms with Crippen LogP contribution in [0.4, 0.5) is 4.39 Å². The average molecular weight is 244 g/mol. The van der Waals surface area contributed by atoms with Gasteiger partial charge in [-0.15, -0.1) is 0 Å². The second kappa shape index (κ2) is 5.13. The summed E-state index contributed by atoms with van der Waals surface area (Å²) in [7, 11) is 0. The van der Waals surface area contributed by atoms with E-state index in [2.05, 4.69) is 12.2 Å². The molecule has 2 atom stereocenters. The third kappa shape index (κ3) is 2.73. The summed E-state index contributed by atoms with van der Waals surface area (Å²) in [6, 6.07) is 4.75. The van der Waals surface area contributed by atoms with Crippen molar-refractivity contribution in [3.8, 4) is 0 Å². The van der Waals surface area contributed by atoms with Crippen LogP contribution in [0.25, 0.3) is 0 Å². The summed E-state index contributed by atoms with van der Waals surface area (Å²) in [5, 5.41) is 3.47. The third-order valence-electron chi connectivity index (χ3n) is 2.72. The van der Waals surface area contributed by atoms with Crippen LogP contribution in [0.1, 0.15) is 18.6 Å². The minimum Gasteiger partial charge on any atom is -0.372 e. The maximum atomic E-state index is 13.0. The normalized spacial score (nSPS) is 26.4. The standard InChI is InChI=1S/C12H15ClFNO/c1-8-5-15-6-12(16-7-8)9-2-3-11(14)10(13)4-9/h2-4,8,12,15H,5-7H2,1H3. The monoisotopic (exact) mass is 243 g/mol. The van der Waals surface area contributed by atoms with Gasteiger partial charge in [-0.05, 0) is 23.6 Å². The van der Waals surface area contributed by atoms with E-state index >= 15 is 0 Å². The highest BCUT2D eigenvalue weighted by Gasteiger charge is 2.18. The molecule has 0 saturated carbocycles. The Kier molecular flexibility index (Phi) is 3.79. The quantitative estimate of drug-likeness (QED) is 0.819.